The molecule has 2 N–H and O–H groups in total. The number of likely N-dealkylation sites (tertiary alicyclic amines) is 1. The average Bonchev–Trinajstić information content (AvgIpc) is 3.14. The van der Waals surface area contributed by atoms with Crippen LogP contribution in [0.15, 0.2) is 65.6 Å². The fourth-order valence-corrected chi connectivity index (χ4v) is 5.21. The van der Waals surface area contributed by atoms with Crippen LogP contribution < -0.4 is 4.72 Å². The van der Waals surface area contributed by atoms with Gasteiger partial charge in [-0.2, -0.15) is 5.26 Å². The van der Waals surface area contributed by atoms with E-state index < -0.39 is 16.0 Å². The van der Waals surface area contributed by atoms with Gasteiger partial charge in [0.05, 0.1) is 16.5 Å². The summed E-state index contributed by atoms with van der Waals surface area (Å²) < 4.78 is 28.5. The molecule has 0 spiro atoms. The number of aliphatic carboxylic acids is 1. The SMILES string of the molecule is N#Cc1ccc(CN2C[C@H](NS(=O)(=O)c3ccc(Cl)cc3)C[C@H]2C=CCCCC(=O)O)cc1. The van der Waals surface area contributed by atoms with E-state index in [4.69, 9.17) is 22.0 Å². The van der Waals surface area contributed by atoms with Crippen molar-refractivity contribution in [1.82, 2.24) is 9.62 Å². The monoisotopic (exact) mass is 487 g/mol. The number of carboxylic acid groups (broad SMARTS) is 1. The van der Waals surface area contributed by atoms with E-state index >= 15 is 0 Å². The van der Waals surface area contributed by atoms with Gasteiger partial charge in [-0.25, -0.2) is 13.1 Å². The first kappa shape index (κ1) is 24.9. The number of unbranched alkanes of at least 4 members (excludes halogenated alkanes) is 1. The number of halogens is 1. The number of hydrogen-bond acceptors (Lipinski definition) is 5. The van der Waals surface area contributed by atoms with E-state index in [9.17, 15) is 13.2 Å². The van der Waals surface area contributed by atoms with Crippen molar-refractivity contribution < 1.29 is 18.3 Å². The number of hydrogen-bond donors (Lipinski definition) is 2. The summed E-state index contributed by atoms with van der Waals surface area (Å²) in [4.78, 5) is 13.1. The Kier molecular flexibility index (Phi) is 8.64. The van der Waals surface area contributed by atoms with Gasteiger partial charge in [0.15, 0.2) is 0 Å². The van der Waals surface area contributed by atoms with Crippen molar-refractivity contribution in [2.45, 2.75) is 49.2 Å². The highest BCUT2D eigenvalue weighted by Gasteiger charge is 2.33. The Hall–Kier alpha value is -2.70. The van der Waals surface area contributed by atoms with Gasteiger partial charge in [0.25, 0.3) is 0 Å². The maximum absolute atomic E-state index is 12.8. The minimum Gasteiger partial charge on any atom is -0.481 e. The smallest absolute Gasteiger partial charge is 0.303 e. The van der Waals surface area contributed by atoms with E-state index in [2.05, 4.69) is 15.7 Å². The Morgan fingerprint density at radius 1 is 1.21 bits per heavy atom. The molecular formula is C24H26ClN3O4S. The highest BCUT2D eigenvalue weighted by molar-refractivity contribution is 7.89. The van der Waals surface area contributed by atoms with Crippen molar-refractivity contribution in [3.05, 3.63) is 76.8 Å². The van der Waals surface area contributed by atoms with E-state index in [1.54, 1.807) is 24.3 Å². The van der Waals surface area contributed by atoms with Crippen molar-refractivity contribution in [3.8, 4) is 6.07 Å². The fourth-order valence-electron chi connectivity index (χ4n) is 3.85. The molecule has 1 fully saturated rings. The number of nitrogens with one attached hydrogen (secondary N) is 1. The summed E-state index contributed by atoms with van der Waals surface area (Å²) in [6.07, 6.45) is 5.92. The molecule has 33 heavy (non-hydrogen) atoms. The fraction of sp³-hybridized carbons (Fsp3) is 0.333. The molecule has 1 aliphatic heterocycles. The molecule has 2 aromatic carbocycles. The second-order valence-corrected chi connectivity index (χ2v) is 10.2. The van der Waals surface area contributed by atoms with Gasteiger partial charge < -0.3 is 5.11 Å². The van der Waals surface area contributed by atoms with Crippen LogP contribution in [0.4, 0.5) is 0 Å². The lowest BCUT2D eigenvalue weighted by Crippen LogP contribution is -2.37. The Bertz CT molecular complexity index is 1130. The van der Waals surface area contributed by atoms with E-state index in [-0.39, 0.29) is 23.4 Å². The van der Waals surface area contributed by atoms with E-state index in [0.717, 1.165) is 5.56 Å². The van der Waals surface area contributed by atoms with Gasteiger partial charge in [0.2, 0.25) is 10.0 Å². The summed E-state index contributed by atoms with van der Waals surface area (Å²) >= 11 is 5.87. The highest BCUT2D eigenvalue weighted by Crippen LogP contribution is 2.24. The van der Waals surface area contributed by atoms with Gasteiger partial charge in [0, 0.05) is 36.6 Å². The Morgan fingerprint density at radius 3 is 2.55 bits per heavy atom. The summed E-state index contributed by atoms with van der Waals surface area (Å²) in [7, 11) is -3.69. The Labute approximate surface area is 199 Å². The largest absolute Gasteiger partial charge is 0.481 e. The second-order valence-electron chi connectivity index (χ2n) is 8.03. The van der Waals surface area contributed by atoms with Crippen molar-refractivity contribution in [1.29, 1.82) is 5.26 Å². The molecule has 2 aromatic rings. The van der Waals surface area contributed by atoms with Crippen molar-refractivity contribution in [3.63, 3.8) is 0 Å². The third-order valence-electron chi connectivity index (χ3n) is 5.48. The molecular weight excluding hydrogens is 462 g/mol. The molecule has 0 unspecified atom stereocenters. The van der Waals surface area contributed by atoms with Crippen LogP contribution in [0.2, 0.25) is 5.02 Å². The molecule has 0 radical (unpaired) electrons. The van der Waals surface area contributed by atoms with Crippen molar-refractivity contribution in [2.24, 2.45) is 0 Å². The molecule has 174 valence electrons. The van der Waals surface area contributed by atoms with E-state index in [1.807, 2.05) is 24.3 Å². The zero-order chi connectivity index (χ0) is 23.8. The third kappa shape index (κ3) is 7.41. The summed E-state index contributed by atoms with van der Waals surface area (Å²) in [6, 6.07) is 15.2. The lowest BCUT2D eigenvalue weighted by atomic mass is 10.1. The minimum absolute atomic E-state index is 0.00314. The molecule has 1 aliphatic rings. The molecule has 0 saturated carbocycles. The Balaban J connectivity index is 1.70. The lowest BCUT2D eigenvalue weighted by Gasteiger charge is -2.22. The van der Waals surface area contributed by atoms with Crippen LogP contribution >= 0.6 is 11.6 Å². The van der Waals surface area contributed by atoms with Crippen LogP contribution in [0.1, 0.15) is 36.8 Å². The predicted molar refractivity (Wildman–Crippen MR) is 126 cm³/mol. The minimum atomic E-state index is -3.69. The van der Waals surface area contributed by atoms with Crippen LogP contribution in [-0.4, -0.2) is 43.0 Å². The van der Waals surface area contributed by atoms with E-state index in [0.29, 0.717) is 42.9 Å². The molecule has 1 heterocycles. The number of carbonyl (C=O) groups is 1. The quantitative estimate of drug-likeness (QED) is 0.388. The Morgan fingerprint density at radius 2 is 1.91 bits per heavy atom. The number of benzene rings is 2. The van der Waals surface area contributed by atoms with Gasteiger partial charge in [0.1, 0.15) is 0 Å². The number of nitriles is 1. The number of rotatable bonds is 10. The standard InChI is InChI=1S/C24H26ClN3O4S/c25-20-10-12-23(13-11-20)33(31,32)27-21-14-22(4-2-1-3-5-24(29)30)28(17-21)16-19-8-6-18(15-26)7-9-19/h2,4,6-13,21-22,27H,1,3,5,14,16-17H2,(H,29,30)/t21-,22-/m1/s1. The molecule has 9 heteroatoms. The predicted octanol–water partition coefficient (Wildman–Crippen LogP) is 3.94. The molecule has 0 aliphatic carbocycles. The number of allylic oxidation sites excluding steroid dienone is 1. The first-order chi connectivity index (χ1) is 15.8. The van der Waals surface area contributed by atoms with Gasteiger partial charge in [-0.05, 0) is 61.2 Å². The van der Waals surface area contributed by atoms with Gasteiger partial charge in [-0.1, -0.05) is 35.9 Å². The van der Waals surface area contributed by atoms with Gasteiger partial charge >= 0.3 is 5.97 Å². The summed E-state index contributed by atoms with van der Waals surface area (Å²) in [5, 5.41) is 18.3. The molecule has 1 saturated heterocycles. The first-order valence-corrected chi connectivity index (χ1v) is 12.5. The lowest BCUT2D eigenvalue weighted by molar-refractivity contribution is -0.137. The molecule has 2 atom stereocenters. The third-order valence-corrected chi connectivity index (χ3v) is 7.27. The summed E-state index contributed by atoms with van der Waals surface area (Å²) in [6.45, 7) is 1.13. The molecule has 0 amide bonds. The average molecular weight is 488 g/mol. The maximum atomic E-state index is 12.8. The van der Waals surface area contributed by atoms with E-state index in [1.165, 1.54) is 12.1 Å². The number of sulfonamides is 1. The molecule has 7 nitrogen and oxygen atoms in total. The number of nitrogens with zero attached hydrogens (tertiary/aromatic N) is 2. The number of carboxylic acids is 1. The van der Waals surface area contributed by atoms with Crippen LogP contribution in [0, 0.1) is 11.3 Å². The highest BCUT2D eigenvalue weighted by atomic mass is 35.5. The molecule has 3 rings (SSSR count). The van der Waals surface area contributed by atoms with Crippen LogP contribution in [0.5, 0.6) is 0 Å². The molecule has 0 bridgehead atoms. The second kappa shape index (κ2) is 11.4. The van der Waals surface area contributed by atoms with Gasteiger partial charge in [-0.3, -0.25) is 9.69 Å². The zero-order valence-electron chi connectivity index (χ0n) is 18.0. The zero-order valence-corrected chi connectivity index (χ0v) is 19.6. The maximum Gasteiger partial charge on any atom is 0.303 e. The van der Waals surface area contributed by atoms with Crippen LogP contribution in [0.3, 0.4) is 0 Å². The molecule has 0 aromatic heterocycles. The van der Waals surface area contributed by atoms with Crippen LogP contribution in [-0.2, 0) is 21.4 Å². The first-order valence-electron chi connectivity index (χ1n) is 10.7. The summed E-state index contributed by atoms with van der Waals surface area (Å²) in [5.74, 6) is -0.816. The van der Waals surface area contributed by atoms with Crippen molar-refractivity contribution >= 4 is 27.6 Å². The van der Waals surface area contributed by atoms with Gasteiger partial charge in [-0.15, -0.1) is 0 Å². The van der Waals surface area contributed by atoms with Crippen LogP contribution in [0.25, 0.3) is 0 Å². The van der Waals surface area contributed by atoms with Crippen molar-refractivity contribution in [2.75, 3.05) is 6.54 Å². The normalized spacial score (nSPS) is 19.0. The summed E-state index contributed by atoms with van der Waals surface area (Å²) in [5.41, 5.74) is 1.61. The topological polar surface area (TPSA) is 111 Å².